The third-order valence-electron chi connectivity index (χ3n) is 5.03. The number of halogens is 1. The molecule has 0 fully saturated rings. The molecule has 0 saturated heterocycles. The number of phenols is 2. The number of fused-ring (bicyclic) bond motifs is 1. The number of hydrogen-bond acceptors (Lipinski definition) is 3. The fourth-order valence-electron chi connectivity index (χ4n) is 3.79. The molecule has 3 aromatic rings. The molecule has 134 valence electrons. The highest BCUT2D eigenvalue weighted by Crippen LogP contribution is 2.36. The van der Waals surface area contributed by atoms with Gasteiger partial charge in [-0.25, -0.2) is 4.39 Å². The Kier molecular flexibility index (Phi) is 4.39. The first-order valence-corrected chi connectivity index (χ1v) is 8.78. The Morgan fingerprint density at radius 1 is 0.962 bits per heavy atom. The molecule has 1 aliphatic rings. The van der Waals surface area contributed by atoms with Crippen molar-refractivity contribution in [2.75, 3.05) is 6.54 Å². The average molecular weight is 352 g/mol. The van der Waals surface area contributed by atoms with Gasteiger partial charge in [-0.15, -0.1) is 0 Å². The number of para-hydroxylation sites is 1. The van der Waals surface area contributed by atoms with Crippen molar-refractivity contribution in [3.63, 3.8) is 0 Å². The van der Waals surface area contributed by atoms with E-state index in [1.54, 1.807) is 18.2 Å². The molecule has 0 saturated carbocycles. The Hall–Kier alpha value is -2.79. The van der Waals surface area contributed by atoms with Crippen molar-refractivity contribution < 1.29 is 14.6 Å². The highest BCUT2D eigenvalue weighted by molar-refractivity contribution is 5.44. The van der Waals surface area contributed by atoms with Crippen LogP contribution >= 0.6 is 0 Å². The molecule has 0 bridgehead atoms. The van der Waals surface area contributed by atoms with Gasteiger partial charge in [0, 0.05) is 42.7 Å². The molecular weight excluding hydrogens is 331 g/mol. The minimum atomic E-state index is -0.254. The van der Waals surface area contributed by atoms with Crippen molar-refractivity contribution in [3.8, 4) is 11.5 Å². The monoisotopic (exact) mass is 352 g/mol. The highest BCUT2D eigenvalue weighted by Gasteiger charge is 2.29. The van der Waals surface area contributed by atoms with Gasteiger partial charge in [-0.2, -0.15) is 0 Å². The van der Waals surface area contributed by atoms with E-state index in [-0.39, 0.29) is 23.4 Å². The number of phenolic OH excluding ortho intramolecular Hbond substituents is 2. The molecule has 4 nitrogen and oxygen atoms in total. The Balaban J connectivity index is 1.79. The summed E-state index contributed by atoms with van der Waals surface area (Å²) in [5.41, 5.74) is 2.28. The second-order valence-corrected chi connectivity index (χ2v) is 6.66. The van der Waals surface area contributed by atoms with Crippen LogP contribution in [0.15, 0.2) is 60.8 Å². The Labute approximate surface area is 151 Å². The molecule has 2 aromatic carbocycles. The smallest absolute Gasteiger partial charge is 0.161 e. The van der Waals surface area contributed by atoms with E-state index >= 15 is 0 Å². The average Bonchev–Trinajstić information content (AvgIpc) is 3.02. The fourth-order valence-corrected chi connectivity index (χ4v) is 3.79. The number of hydrogen-bond donors (Lipinski definition) is 2. The Morgan fingerprint density at radius 2 is 1.81 bits per heavy atom. The van der Waals surface area contributed by atoms with E-state index in [2.05, 4.69) is 9.47 Å². The number of aryl methyl sites for hydroxylation is 1. The molecule has 2 heterocycles. The maximum Gasteiger partial charge on any atom is 0.161 e. The summed E-state index contributed by atoms with van der Waals surface area (Å²) in [5, 5.41) is 20.0. The number of nitrogens with zero attached hydrogens (tertiary/aromatic N) is 2. The van der Waals surface area contributed by atoms with Crippen LogP contribution in [0.4, 0.5) is 4.39 Å². The topological polar surface area (TPSA) is 48.6 Å². The molecule has 0 aliphatic carbocycles. The first kappa shape index (κ1) is 16.7. The first-order valence-electron chi connectivity index (χ1n) is 8.78. The predicted octanol–water partition coefficient (Wildman–Crippen LogP) is 4.03. The summed E-state index contributed by atoms with van der Waals surface area (Å²) in [6.07, 6.45) is 2.95. The van der Waals surface area contributed by atoms with Gasteiger partial charge in [-0.3, -0.25) is 4.90 Å². The number of aromatic nitrogens is 1. The molecule has 0 spiro atoms. The quantitative estimate of drug-likeness (QED) is 0.700. The van der Waals surface area contributed by atoms with Gasteiger partial charge in [0.1, 0.15) is 5.82 Å². The third-order valence-corrected chi connectivity index (χ3v) is 5.03. The van der Waals surface area contributed by atoms with Crippen LogP contribution in [-0.2, 0) is 13.1 Å². The Morgan fingerprint density at radius 3 is 2.65 bits per heavy atom. The van der Waals surface area contributed by atoms with Crippen LogP contribution in [-0.4, -0.2) is 26.2 Å². The molecule has 0 amide bonds. The first-order chi connectivity index (χ1) is 12.6. The third kappa shape index (κ3) is 2.95. The highest BCUT2D eigenvalue weighted by atomic mass is 19.1. The van der Waals surface area contributed by atoms with Gasteiger partial charge >= 0.3 is 0 Å². The van der Waals surface area contributed by atoms with E-state index in [4.69, 9.17) is 0 Å². The summed E-state index contributed by atoms with van der Waals surface area (Å²) >= 11 is 0. The molecular formula is C21H21FN2O2. The molecule has 5 heteroatoms. The Bertz CT molecular complexity index is 922. The van der Waals surface area contributed by atoms with Gasteiger partial charge in [0.15, 0.2) is 11.5 Å². The molecule has 4 rings (SSSR count). The zero-order valence-electron chi connectivity index (χ0n) is 14.3. The largest absolute Gasteiger partial charge is 0.504 e. The lowest BCUT2D eigenvalue weighted by atomic mass is 10.00. The standard InChI is InChI=1S/C21H21FN2O2/c22-17-8-2-1-7-16(17)20-18-9-4-11-23(18)12-5-13-24(20)14-15-6-3-10-19(25)21(15)26/h1-4,6-11,20,25-26H,5,12-14H2. The zero-order chi connectivity index (χ0) is 18.1. The van der Waals surface area contributed by atoms with E-state index in [1.807, 2.05) is 30.5 Å². The number of benzene rings is 2. The van der Waals surface area contributed by atoms with E-state index in [0.29, 0.717) is 17.7 Å². The lowest BCUT2D eigenvalue weighted by Crippen LogP contribution is -2.30. The SMILES string of the molecule is Oc1cccc(CN2CCCn3cccc3C2c2ccccc2F)c1O. The summed E-state index contributed by atoms with van der Waals surface area (Å²) in [7, 11) is 0. The molecule has 1 unspecified atom stereocenters. The predicted molar refractivity (Wildman–Crippen MR) is 97.5 cm³/mol. The second kappa shape index (κ2) is 6.84. The van der Waals surface area contributed by atoms with Crippen LogP contribution in [0, 0.1) is 5.82 Å². The van der Waals surface area contributed by atoms with E-state index in [9.17, 15) is 14.6 Å². The summed E-state index contributed by atoms with van der Waals surface area (Å²) in [5.74, 6) is -0.486. The van der Waals surface area contributed by atoms with Crippen LogP contribution in [0.1, 0.15) is 29.3 Å². The molecule has 26 heavy (non-hydrogen) atoms. The molecule has 0 radical (unpaired) electrons. The maximum atomic E-state index is 14.6. The number of aromatic hydroxyl groups is 2. The van der Waals surface area contributed by atoms with Crippen LogP contribution < -0.4 is 0 Å². The summed E-state index contributed by atoms with van der Waals surface area (Å²) in [4.78, 5) is 2.16. The van der Waals surface area contributed by atoms with Gasteiger partial charge < -0.3 is 14.8 Å². The number of rotatable bonds is 3. The minimum absolute atomic E-state index is 0.112. The van der Waals surface area contributed by atoms with Crippen LogP contribution in [0.2, 0.25) is 0 Å². The van der Waals surface area contributed by atoms with Crippen LogP contribution in [0.5, 0.6) is 11.5 Å². The lowest BCUT2D eigenvalue weighted by molar-refractivity contribution is 0.213. The zero-order valence-corrected chi connectivity index (χ0v) is 14.3. The van der Waals surface area contributed by atoms with Crippen molar-refractivity contribution in [1.29, 1.82) is 0 Å². The van der Waals surface area contributed by atoms with Crippen molar-refractivity contribution in [1.82, 2.24) is 9.47 Å². The van der Waals surface area contributed by atoms with Crippen LogP contribution in [0.3, 0.4) is 0 Å². The lowest BCUT2D eigenvalue weighted by Gasteiger charge is -2.31. The van der Waals surface area contributed by atoms with Gasteiger partial charge in [0.05, 0.1) is 6.04 Å². The van der Waals surface area contributed by atoms with Crippen molar-refractivity contribution in [2.45, 2.75) is 25.6 Å². The van der Waals surface area contributed by atoms with E-state index < -0.39 is 0 Å². The fraction of sp³-hybridized carbons (Fsp3) is 0.238. The van der Waals surface area contributed by atoms with Crippen LogP contribution in [0.25, 0.3) is 0 Å². The van der Waals surface area contributed by atoms with E-state index in [0.717, 1.165) is 25.2 Å². The van der Waals surface area contributed by atoms with E-state index in [1.165, 1.54) is 12.1 Å². The molecule has 1 aromatic heterocycles. The van der Waals surface area contributed by atoms with Gasteiger partial charge in [0.2, 0.25) is 0 Å². The maximum absolute atomic E-state index is 14.6. The summed E-state index contributed by atoms with van der Waals surface area (Å²) in [6, 6.07) is 15.6. The molecule has 1 atom stereocenters. The van der Waals surface area contributed by atoms with Gasteiger partial charge in [0.25, 0.3) is 0 Å². The van der Waals surface area contributed by atoms with Gasteiger partial charge in [-0.1, -0.05) is 30.3 Å². The molecule has 1 aliphatic heterocycles. The normalized spacial score (nSPS) is 17.7. The van der Waals surface area contributed by atoms with Crippen molar-refractivity contribution >= 4 is 0 Å². The minimum Gasteiger partial charge on any atom is -0.504 e. The summed E-state index contributed by atoms with van der Waals surface area (Å²) in [6.45, 7) is 2.05. The van der Waals surface area contributed by atoms with Gasteiger partial charge in [-0.05, 0) is 30.7 Å². The second-order valence-electron chi connectivity index (χ2n) is 6.66. The molecule has 2 N–H and O–H groups in total. The van der Waals surface area contributed by atoms with Crippen molar-refractivity contribution in [2.24, 2.45) is 0 Å². The van der Waals surface area contributed by atoms with Crippen molar-refractivity contribution in [3.05, 3.63) is 83.4 Å². The summed E-state index contributed by atoms with van der Waals surface area (Å²) < 4.78 is 16.8.